The highest BCUT2D eigenvalue weighted by Crippen LogP contribution is 2.30. The first-order valence-electron chi connectivity index (χ1n) is 7.80. The third kappa shape index (κ3) is 3.71. The van der Waals surface area contributed by atoms with E-state index in [4.69, 9.17) is 11.6 Å². The van der Waals surface area contributed by atoms with Crippen molar-refractivity contribution in [1.29, 1.82) is 0 Å². The second kappa shape index (κ2) is 6.92. The molecule has 0 radical (unpaired) electrons. The van der Waals surface area contributed by atoms with Gasteiger partial charge in [0.15, 0.2) is 15.6 Å². The lowest BCUT2D eigenvalue weighted by Gasteiger charge is -2.09. The number of sulfone groups is 1. The van der Waals surface area contributed by atoms with Gasteiger partial charge in [-0.2, -0.15) is 5.10 Å². The summed E-state index contributed by atoms with van der Waals surface area (Å²) in [5, 5.41) is 4.49. The van der Waals surface area contributed by atoms with E-state index < -0.39 is 27.3 Å². The molecule has 0 bridgehead atoms. The van der Waals surface area contributed by atoms with Gasteiger partial charge >= 0.3 is 0 Å². The summed E-state index contributed by atoms with van der Waals surface area (Å²) in [5.41, 5.74) is 0.709. The summed E-state index contributed by atoms with van der Waals surface area (Å²) in [6, 6.07) is 2.36. The third-order valence-corrected chi connectivity index (χ3v) is 6.35. The van der Waals surface area contributed by atoms with Crippen molar-refractivity contribution in [2.75, 3.05) is 11.5 Å². The Hall–Kier alpha value is -2.06. The van der Waals surface area contributed by atoms with Gasteiger partial charge in [0.2, 0.25) is 0 Å². The topological polar surface area (TPSA) is 69.0 Å². The molecule has 3 rings (SSSR count). The molecule has 1 atom stereocenters. The van der Waals surface area contributed by atoms with Crippen LogP contribution in [0, 0.1) is 18.6 Å². The first kappa shape index (κ1) is 18.7. The van der Waals surface area contributed by atoms with Crippen LogP contribution in [0.5, 0.6) is 0 Å². The predicted molar refractivity (Wildman–Crippen MR) is 94.0 cm³/mol. The average molecular weight is 401 g/mol. The van der Waals surface area contributed by atoms with Crippen molar-refractivity contribution < 1.29 is 22.0 Å². The SMILES string of the molecule is Cc1nn([C@@H]2CCS(=O)(=O)C2)c(Cl)c1/C=C/C(=O)c1ccc(F)cc1F. The van der Waals surface area contributed by atoms with Crippen LogP contribution in [-0.2, 0) is 9.84 Å². The highest BCUT2D eigenvalue weighted by Gasteiger charge is 2.31. The molecule has 2 heterocycles. The van der Waals surface area contributed by atoms with Crippen LogP contribution in [0.1, 0.15) is 34.1 Å². The molecule has 2 aromatic rings. The molecule has 0 aliphatic carbocycles. The molecule has 9 heteroatoms. The molecular formula is C17H15ClF2N2O3S. The van der Waals surface area contributed by atoms with E-state index in [-0.39, 0.29) is 28.3 Å². The summed E-state index contributed by atoms with van der Waals surface area (Å²) in [5.74, 6) is -2.31. The van der Waals surface area contributed by atoms with Crippen LogP contribution in [0.25, 0.3) is 6.08 Å². The fourth-order valence-electron chi connectivity index (χ4n) is 2.87. The van der Waals surface area contributed by atoms with Gasteiger partial charge in [-0.25, -0.2) is 21.9 Å². The first-order chi connectivity index (χ1) is 12.2. The minimum absolute atomic E-state index is 0.0310. The third-order valence-electron chi connectivity index (χ3n) is 4.22. The summed E-state index contributed by atoms with van der Waals surface area (Å²) in [6.45, 7) is 1.68. The Morgan fingerprint density at radius 1 is 1.38 bits per heavy atom. The van der Waals surface area contributed by atoms with Crippen molar-refractivity contribution >= 4 is 33.3 Å². The maximum atomic E-state index is 13.7. The van der Waals surface area contributed by atoms with Gasteiger partial charge in [0, 0.05) is 11.6 Å². The Balaban J connectivity index is 1.86. The molecule has 0 amide bonds. The van der Waals surface area contributed by atoms with Crippen LogP contribution >= 0.6 is 11.6 Å². The van der Waals surface area contributed by atoms with Gasteiger partial charge in [0.1, 0.15) is 16.8 Å². The summed E-state index contributed by atoms with van der Waals surface area (Å²) in [4.78, 5) is 12.1. The van der Waals surface area contributed by atoms with Gasteiger partial charge in [0.05, 0.1) is 28.8 Å². The summed E-state index contributed by atoms with van der Waals surface area (Å²) in [6.07, 6.45) is 2.95. The number of carbonyl (C=O) groups is 1. The van der Waals surface area contributed by atoms with Gasteiger partial charge in [0.25, 0.3) is 0 Å². The number of hydrogen-bond donors (Lipinski definition) is 0. The van der Waals surface area contributed by atoms with Crippen molar-refractivity contribution in [3.8, 4) is 0 Å². The zero-order valence-electron chi connectivity index (χ0n) is 13.7. The number of nitrogens with zero attached hydrogens (tertiary/aromatic N) is 2. The first-order valence-corrected chi connectivity index (χ1v) is 10.0. The normalized spacial score (nSPS) is 19.3. The number of benzene rings is 1. The fraction of sp³-hybridized carbons (Fsp3) is 0.294. The van der Waals surface area contributed by atoms with Crippen LogP contribution in [0.15, 0.2) is 24.3 Å². The Labute approximate surface area is 154 Å². The zero-order valence-corrected chi connectivity index (χ0v) is 15.3. The maximum Gasteiger partial charge on any atom is 0.188 e. The zero-order chi connectivity index (χ0) is 19.1. The number of carbonyl (C=O) groups excluding carboxylic acids is 1. The largest absolute Gasteiger partial charge is 0.289 e. The summed E-state index contributed by atoms with van der Waals surface area (Å²) < 4.78 is 51.3. The smallest absolute Gasteiger partial charge is 0.188 e. The van der Waals surface area contributed by atoms with E-state index in [1.807, 2.05) is 0 Å². The van der Waals surface area contributed by atoms with Gasteiger partial charge in [-0.05, 0) is 37.6 Å². The van der Waals surface area contributed by atoms with Crippen molar-refractivity contribution in [2.24, 2.45) is 0 Å². The highest BCUT2D eigenvalue weighted by molar-refractivity contribution is 7.91. The van der Waals surface area contributed by atoms with Crippen LogP contribution in [0.3, 0.4) is 0 Å². The molecule has 1 saturated heterocycles. The molecule has 5 nitrogen and oxygen atoms in total. The Morgan fingerprint density at radius 3 is 2.73 bits per heavy atom. The van der Waals surface area contributed by atoms with Crippen molar-refractivity contribution in [1.82, 2.24) is 9.78 Å². The molecule has 0 saturated carbocycles. The quantitative estimate of drug-likeness (QED) is 0.582. The van der Waals surface area contributed by atoms with Crippen molar-refractivity contribution in [2.45, 2.75) is 19.4 Å². The van der Waals surface area contributed by atoms with Crippen molar-refractivity contribution in [3.05, 3.63) is 57.9 Å². The Bertz CT molecular complexity index is 1020. The van der Waals surface area contributed by atoms with E-state index in [2.05, 4.69) is 5.10 Å². The number of allylic oxidation sites excluding steroid dienone is 1. The van der Waals surface area contributed by atoms with Gasteiger partial charge in [-0.1, -0.05) is 11.6 Å². The van der Waals surface area contributed by atoms with E-state index in [9.17, 15) is 22.0 Å². The van der Waals surface area contributed by atoms with E-state index in [1.54, 1.807) is 6.92 Å². The molecule has 1 aliphatic rings. The van der Waals surface area contributed by atoms with Gasteiger partial charge in [-0.3, -0.25) is 4.79 Å². The number of ketones is 1. The minimum Gasteiger partial charge on any atom is -0.289 e. The van der Waals surface area contributed by atoms with E-state index in [0.717, 1.165) is 18.2 Å². The fourth-order valence-corrected chi connectivity index (χ4v) is 4.94. The lowest BCUT2D eigenvalue weighted by atomic mass is 10.1. The number of aryl methyl sites for hydroxylation is 1. The summed E-state index contributed by atoms with van der Waals surface area (Å²) in [7, 11) is -3.10. The minimum atomic E-state index is -3.10. The lowest BCUT2D eigenvalue weighted by Crippen LogP contribution is -2.12. The second-order valence-electron chi connectivity index (χ2n) is 6.11. The Kier molecular flexibility index (Phi) is 4.98. The van der Waals surface area contributed by atoms with Crippen LogP contribution in [-0.4, -0.2) is 35.5 Å². The van der Waals surface area contributed by atoms with E-state index in [1.165, 1.54) is 10.8 Å². The number of hydrogen-bond acceptors (Lipinski definition) is 4. The maximum absolute atomic E-state index is 13.7. The molecule has 0 N–H and O–H groups in total. The molecule has 0 spiro atoms. The molecule has 26 heavy (non-hydrogen) atoms. The average Bonchev–Trinajstić information content (AvgIpc) is 3.04. The van der Waals surface area contributed by atoms with Crippen LogP contribution < -0.4 is 0 Å². The molecule has 1 aromatic heterocycles. The van der Waals surface area contributed by atoms with Gasteiger partial charge in [-0.15, -0.1) is 0 Å². The van der Waals surface area contributed by atoms with E-state index in [0.29, 0.717) is 23.7 Å². The standard InChI is InChI=1S/C17H15ClF2N2O3S/c1-10-13(4-5-16(23)14-3-2-11(19)8-15(14)20)17(18)22(21-10)12-6-7-26(24,25)9-12/h2-5,8,12H,6-7,9H2,1H3/b5-4+/t12-/m1/s1. The molecule has 1 fully saturated rings. The monoisotopic (exact) mass is 400 g/mol. The number of halogens is 3. The number of rotatable bonds is 4. The summed E-state index contributed by atoms with van der Waals surface area (Å²) >= 11 is 6.30. The molecule has 1 aliphatic heterocycles. The predicted octanol–water partition coefficient (Wildman–Crippen LogP) is 3.38. The lowest BCUT2D eigenvalue weighted by molar-refractivity contribution is 0.104. The number of aromatic nitrogens is 2. The molecule has 0 unspecified atom stereocenters. The van der Waals surface area contributed by atoms with Gasteiger partial charge < -0.3 is 0 Å². The molecule has 138 valence electrons. The second-order valence-corrected chi connectivity index (χ2v) is 8.70. The highest BCUT2D eigenvalue weighted by atomic mass is 35.5. The molecular weight excluding hydrogens is 386 g/mol. The molecule has 1 aromatic carbocycles. The van der Waals surface area contributed by atoms with Crippen LogP contribution in [0.4, 0.5) is 8.78 Å². The van der Waals surface area contributed by atoms with E-state index >= 15 is 0 Å². The van der Waals surface area contributed by atoms with Crippen molar-refractivity contribution in [3.63, 3.8) is 0 Å². The Morgan fingerprint density at radius 2 is 2.12 bits per heavy atom. The van der Waals surface area contributed by atoms with Crippen LogP contribution in [0.2, 0.25) is 5.15 Å².